The van der Waals surface area contributed by atoms with Crippen molar-refractivity contribution in [3.8, 4) is 0 Å². The van der Waals surface area contributed by atoms with Gasteiger partial charge < -0.3 is 10.0 Å². The van der Waals surface area contributed by atoms with Crippen molar-refractivity contribution < 1.29 is 14.7 Å². The van der Waals surface area contributed by atoms with Crippen molar-refractivity contribution in [2.24, 2.45) is 11.8 Å². The second-order valence-electron chi connectivity index (χ2n) is 3.81. The average molecular weight is 185 g/mol. The molecule has 1 rings (SSSR count). The van der Waals surface area contributed by atoms with Crippen LogP contribution in [0.2, 0.25) is 0 Å². The maximum atomic E-state index is 11.2. The molecule has 0 radical (unpaired) electrons. The molecular formula is C9H15NO3. The van der Waals surface area contributed by atoms with Crippen molar-refractivity contribution in [2.45, 2.75) is 19.8 Å². The highest BCUT2D eigenvalue weighted by atomic mass is 16.4. The molecule has 0 aliphatic carbocycles. The lowest BCUT2D eigenvalue weighted by atomic mass is 9.90. The van der Waals surface area contributed by atoms with Gasteiger partial charge in [0.2, 0.25) is 5.91 Å². The maximum Gasteiger partial charge on any atom is 0.303 e. The van der Waals surface area contributed by atoms with Crippen LogP contribution in [-0.4, -0.2) is 35.5 Å². The van der Waals surface area contributed by atoms with E-state index in [0.29, 0.717) is 13.0 Å². The quantitative estimate of drug-likeness (QED) is 0.699. The Balaban J connectivity index is 2.45. The Kier molecular flexibility index (Phi) is 2.90. The van der Waals surface area contributed by atoms with Crippen molar-refractivity contribution in [1.82, 2.24) is 4.90 Å². The normalized spacial score (nSPS) is 24.9. The van der Waals surface area contributed by atoms with E-state index in [1.165, 1.54) is 0 Å². The molecule has 1 amide bonds. The lowest BCUT2D eigenvalue weighted by Gasteiger charge is -2.15. The fourth-order valence-electron chi connectivity index (χ4n) is 1.72. The molecule has 0 saturated carbocycles. The van der Waals surface area contributed by atoms with Gasteiger partial charge in [0.15, 0.2) is 0 Å². The summed E-state index contributed by atoms with van der Waals surface area (Å²) in [4.78, 5) is 23.3. The number of amides is 1. The molecule has 1 aliphatic rings. The molecule has 0 bridgehead atoms. The molecule has 0 aromatic heterocycles. The van der Waals surface area contributed by atoms with Crippen LogP contribution in [0.4, 0.5) is 0 Å². The van der Waals surface area contributed by atoms with Gasteiger partial charge in [0.25, 0.3) is 0 Å². The summed E-state index contributed by atoms with van der Waals surface area (Å²) in [5.41, 5.74) is 0. The Morgan fingerprint density at radius 3 is 2.77 bits per heavy atom. The lowest BCUT2D eigenvalue weighted by Crippen LogP contribution is -2.21. The van der Waals surface area contributed by atoms with Gasteiger partial charge in [-0.05, 0) is 11.8 Å². The first-order valence-corrected chi connectivity index (χ1v) is 4.46. The predicted octanol–water partition coefficient (Wildman–Crippen LogP) is 0.575. The topological polar surface area (TPSA) is 57.6 Å². The molecule has 1 aliphatic heterocycles. The van der Waals surface area contributed by atoms with Crippen LogP contribution >= 0.6 is 0 Å². The van der Waals surface area contributed by atoms with Gasteiger partial charge >= 0.3 is 5.97 Å². The number of carboxylic acid groups (broad SMARTS) is 1. The summed E-state index contributed by atoms with van der Waals surface area (Å²) in [6.07, 6.45) is 0.663. The molecule has 1 saturated heterocycles. The highest BCUT2D eigenvalue weighted by Crippen LogP contribution is 2.25. The van der Waals surface area contributed by atoms with Gasteiger partial charge in [-0.25, -0.2) is 0 Å². The molecule has 4 heteroatoms. The summed E-state index contributed by atoms with van der Waals surface area (Å²) < 4.78 is 0. The Morgan fingerprint density at radius 2 is 2.38 bits per heavy atom. The first-order chi connectivity index (χ1) is 6.00. The summed E-state index contributed by atoms with van der Waals surface area (Å²) >= 11 is 0. The number of aliphatic carboxylic acids is 1. The smallest absolute Gasteiger partial charge is 0.303 e. The Hall–Kier alpha value is -1.06. The fourth-order valence-corrected chi connectivity index (χ4v) is 1.72. The van der Waals surface area contributed by atoms with Gasteiger partial charge in [0.1, 0.15) is 0 Å². The minimum absolute atomic E-state index is 0.0893. The van der Waals surface area contributed by atoms with Crippen LogP contribution in [0.15, 0.2) is 0 Å². The van der Waals surface area contributed by atoms with Crippen molar-refractivity contribution in [1.29, 1.82) is 0 Å². The largest absolute Gasteiger partial charge is 0.481 e. The van der Waals surface area contributed by atoms with Crippen LogP contribution in [-0.2, 0) is 9.59 Å². The Bertz CT molecular complexity index is 227. The average Bonchev–Trinajstić information content (AvgIpc) is 2.31. The Morgan fingerprint density at radius 1 is 1.77 bits per heavy atom. The first kappa shape index (κ1) is 10.0. The monoisotopic (exact) mass is 185 g/mol. The molecule has 2 unspecified atom stereocenters. The highest BCUT2D eigenvalue weighted by Gasteiger charge is 2.31. The van der Waals surface area contributed by atoms with E-state index in [0.717, 1.165) is 0 Å². The fraction of sp³-hybridized carbons (Fsp3) is 0.778. The molecule has 2 atom stereocenters. The molecule has 13 heavy (non-hydrogen) atoms. The van der Waals surface area contributed by atoms with Gasteiger partial charge in [-0.2, -0.15) is 0 Å². The number of nitrogens with zero attached hydrogens (tertiary/aromatic N) is 1. The zero-order valence-electron chi connectivity index (χ0n) is 7.99. The summed E-state index contributed by atoms with van der Waals surface area (Å²) in [5.74, 6) is -0.350. The molecule has 1 heterocycles. The second kappa shape index (κ2) is 3.77. The van der Waals surface area contributed by atoms with E-state index in [9.17, 15) is 9.59 Å². The molecular weight excluding hydrogens is 170 g/mol. The van der Waals surface area contributed by atoms with Gasteiger partial charge in [0, 0.05) is 26.4 Å². The summed E-state index contributed by atoms with van der Waals surface area (Å²) in [5, 5.41) is 8.58. The van der Waals surface area contributed by atoms with E-state index < -0.39 is 5.97 Å². The third-order valence-corrected chi connectivity index (χ3v) is 2.67. The zero-order chi connectivity index (χ0) is 10.0. The SMILES string of the molecule is CC(CC(=O)O)C1CC(=O)N(C)C1. The molecule has 4 nitrogen and oxygen atoms in total. The zero-order valence-corrected chi connectivity index (χ0v) is 7.99. The van der Waals surface area contributed by atoms with Crippen LogP contribution in [0.3, 0.4) is 0 Å². The Labute approximate surface area is 77.5 Å². The van der Waals surface area contributed by atoms with Gasteiger partial charge in [0.05, 0.1) is 0 Å². The molecule has 0 spiro atoms. The minimum atomic E-state index is -0.783. The van der Waals surface area contributed by atoms with E-state index in [1.807, 2.05) is 6.92 Å². The van der Waals surface area contributed by atoms with Gasteiger partial charge in [-0.15, -0.1) is 0 Å². The molecule has 1 fully saturated rings. The van der Waals surface area contributed by atoms with Crippen LogP contribution in [0, 0.1) is 11.8 Å². The summed E-state index contributed by atoms with van der Waals surface area (Å²) in [6, 6.07) is 0. The molecule has 1 N–H and O–H groups in total. The number of likely N-dealkylation sites (tertiary alicyclic amines) is 1. The molecule has 0 aromatic rings. The van der Waals surface area contributed by atoms with Crippen molar-refractivity contribution in [3.05, 3.63) is 0 Å². The third-order valence-electron chi connectivity index (χ3n) is 2.67. The third kappa shape index (κ3) is 2.44. The van der Waals surface area contributed by atoms with Crippen molar-refractivity contribution in [2.75, 3.05) is 13.6 Å². The lowest BCUT2D eigenvalue weighted by molar-refractivity contribution is -0.138. The molecule has 74 valence electrons. The van der Waals surface area contributed by atoms with Crippen LogP contribution in [0.1, 0.15) is 19.8 Å². The number of hydrogen-bond donors (Lipinski definition) is 1. The second-order valence-corrected chi connectivity index (χ2v) is 3.81. The number of hydrogen-bond acceptors (Lipinski definition) is 2. The van der Waals surface area contributed by atoms with Gasteiger partial charge in [-0.3, -0.25) is 9.59 Å². The minimum Gasteiger partial charge on any atom is -0.481 e. The number of rotatable bonds is 3. The van der Waals surface area contributed by atoms with E-state index >= 15 is 0 Å². The van der Waals surface area contributed by atoms with Crippen molar-refractivity contribution in [3.63, 3.8) is 0 Å². The van der Waals surface area contributed by atoms with Crippen LogP contribution in [0.25, 0.3) is 0 Å². The first-order valence-electron chi connectivity index (χ1n) is 4.46. The maximum absolute atomic E-state index is 11.2. The summed E-state index contributed by atoms with van der Waals surface area (Å²) in [6.45, 7) is 2.60. The van der Waals surface area contributed by atoms with E-state index in [-0.39, 0.29) is 24.2 Å². The van der Waals surface area contributed by atoms with Crippen LogP contribution in [0.5, 0.6) is 0 Å². The van der Waals surface area contributed by atoms with E-state index in [2.05, 4.69) is 0 Å². The number of carbonyl (C=O) groups is 2. The van der Waals surface area contributed by atoms with E-state index in [1.54, 1.807) is 11.9 Å². The van der Waals surface area contributed by atoms with Crippen molar-refractivity contribution >= 4 is 11.9 Å². The van der Waals surface area contributed by atoms with Crippen LogP contribution < -0.4 is 0 Å². The predicted molar refractivity (Wildman–Crippen MR) is 47.2 cm³/mol. The summed E-state index contributed by atoms with van der Waals surface area (Å²) in [7, 11) is 1.76. The standard InChI is InChI=1S/C9H15NO3/c1-6(3-9(12)13)7-4-8(11)10(2)5-7/h6-7H,3-5H2,1-2H3,(H,12,13). The highest BCUT2D eigenvalue weighted by molar-refractivity contribution is 5.78. The van der Waals surface area contributed by atoms with E-state index in [4.69, 9.17) is 5.11 Å². The van der Waals surface area contributed by atoms with Gasteiger partial charge in [-0.1, -0.05) is 6.92 Å². The number of carbonyl (C=O) groups excluding carboxylic acids is 1. The number of carboxylic acids is 1. The molecule has 0 aromatic carbocycles.